The first-order valence-electron chi connectivity index (χ1n) is 7.39. The van der Waals surface area contributed by atoms with E-state index in [4.69, 9.17) is 14.2 Å². The van der Waals surface area contributed by atoms with Crippen LogP contribution < -0.4 is 0 Å². The fourth-order valence-corrected chi connectivity index (χ4v) is 1.35. The van der Waals surface area contributed by atoms with Crippen LogP contribution in [0.4, 0.5) is 0 Å². The first-order chi connectivity index (χ1) is 11.5. The molecule has 0 fully saturated rings. The molecule has 0 atom stereocenters. The quantitative estimate of drug-likeness (QED) is 0.212. The normalized spacial score (nSPS) is 9.50. The van der Waals surface area contributed by atoms with Crippen LogP contribution in [0, 0.1) is 0 Å². The minimum atomic E-state index is -0.590. The molecule has 0 N–H and O–H groups in total. The number of hydrogen-bond acceptors (Lipinski definition) is 8. The molecule has 0 spiro atoms. The number of carbonyl (C=O) groups is 4. The highest BCUT2D eigenvalue weighted by atomic mass is 16.6. The molecular formula is C16H22O8. The molecule has 0 bridgehead atoms. The Morgan fingerprint density at radius 3 is 1.58 bits per heavy atom. The summed E-state index contributed by atoms with van der Waals surface area (Å²) in [4.78, 5) is 44.2. The first kappa shape index (κ1) is 21.4. The fraction of sp³-hybridized carbons (Fsp3) is 0.500. The van der Waals surface area contributed by atoms with Crippen LogP contribution in [0.5, 0.6) is 0 Å². The molecule has 8 nitrogen and oxygen atoms in total. The van der Waals surface area contributed by atoms with Gasteiger partial charge in [-0.25, -0.2) is 9.59 Å². The Bertz CT molecular complexity index is 455. The highest BCUT2D eigenvalue weighted by Crippen LogP contribution is 2.00. The zero-order chi connectivity index (χ0) is 18.2. The van der Waals surface area contributed by atoms with Crippen molar-refractivity contribution < 1.29 is 38.1 Å². The summed E-state index contributed by atoms with van der Waals surface area (Å²) in [6.45, 7) is 6.64. The second kappa shape index (κ2) is 14.0. The van der Waals surface area contributed by atoms with E-state index in [1.807, 2.05) is 0 Å². The minimum Gasteiger partial charge on any atom is -0.466 e. The highest BCUT2D eigenvalue weighted by molar-refractivity contribution is 5.81. The topological polar surface area (TPSA) is 105 Å². The van der Waals surface area contributed by atoms with Gasteiger partial charge >= 0.3 is 23.9 Å². The molecule has 0 aliphatic rings. The maximum Gasteiger partial charge on any atom is 0.330 e. The van der Waals surface area contributed by atoms with Crippen molar-refractivity contribution in [2.75, 3.05) is 26.4 Å². The molecule has 0 aromatic heterocycles. The third-order valence-corrected chi connectivity index (χ3v) is 2.48. The molecule has 0 rings (SSSR count). The molecule has 8 heteroatoms. The summed E-state index contributed by atoms with van der Waals surface area (Å²) in [6, 6.07) is 0. The summed E-state index contributed by atoms with van der Waals surface area (Å²) in [7, 11) is 0. The van der Waals surface area contributed by atoms with Crippen molar-refractivity contribution in [1.29, 1.82) is 0 Å². The van der Waals surface area contributed by atoms with Gasteiger partial charge in [0.1, 0.15) is 13.2 Å². The maximum atomic E-state index is 11.4. The molecule has 0 aromatic carbocycles. The highest BCUT2D eigenvalue weighted by Gasteiger charge is 2.08. The average molecular weight is 342 g/mol. The standard InChI is InChI=1S/C16H22O8/c1-3-13(17)21-9-6-10-22-15(19)7-5-8-16(20)24-12-11-23-14(18)4-2/h3-4H,1-2,5-12H2. The van der Waals surface area contributed by atoms with Crippen LogP contribution in [0.1, 0.15) is 25.7 Å². The summed E-state index contributed by atoms with van der Waals surface area (Å²) >= 11 is 0. The number of carbonyl (C=O) groups excluding carboxylic acids is 4. The number of hydrogen-bond donors (Lipinski definition) is 0. The SMILES string of the molecule is C=CC(=O)OCCCOC(=O)CCCC(=O)OCCOC(=O)C=C. The molecule has 0 heterocycles. The molecule has 0 aromatic rings. The van der Waals surface area contributed by atoms with Crippen molar-refractivity contribution in [1.82, 2.24) is 0 Å². The lowest BCUT2D eigenvalue weighted by molar-refractivity contribution is -0.150. The van der Waals surface area contributed by atoms with Crippen molar-refractivity contribution in [3.05, 3.63) is 25.3 Å². The zero-order valence-corrected chi connectivity index (χ0v) is 13.5. The Morgan fingerprint density at radius 2 is 1.04 bits per heavy atom. The Morgan fingerprint density at radius 1 is 0.625 bits per heavy atom. The molecule has 0 saturated heterocycles. The van der Waals surface area contributed by atoms with Gasteiger partial charge < -0.3 is 18.9 Å². The van der Waals surface area contributed by atoms with Gasteiger partial charge in [0.2, 0.25) is 0 Å². The van der Waals surface area contributed by atoms with E-state index in [9.17, 15) is 19.2 Å². The molecule has 0 radical (unpaired) electrons. The Hall–Kier alpha value is -2.64. The Kier molecular flexibility index (Phi) is 12.4. The predicted molar refractivity (Wildman–Crippen MR) is 82.7 cm³/mol. The summed E-state index contributed by atoms with van der Waals surface area (Å²) < 4.78 is 19.0. The van der Waals surface area contributed by atoms with Gasteiger partial charge in [-0.3, -0.25) is 9.59 Å². The van der Waals surface area contributed by atoms with Crippen LogP contribution in [-0.4, -0.2) is 50.3 Å². The van der Waals surface area contributed by atoms with Gasteiger partial charge in [-0.05, 0) is 6.42 Å². The smallest absolute Gasteiger partial charge is 0.330 e. The van der Waals surface area contributed by atoms with Crippen LogP contribution in [0.25, 0.3) is 0 Å². The molecular weight excluding hydrogens is 320 g/mol. The van der Waals surface area contributed by atoms with E-state index < -0.39 is 23.9 Å². The fourth-order valence-electron chi connectivity index (χ4n) is 1.35. The van der Waals surface area contributed by atoms with Gasteiger partial charge in [-0.1, -0.05) is 13.2 Å². The van der Waals surface area contributed by atoms with Gasteiger partial charge in [-0.15, -0.1) is 0 Å². The second-order valence-electron chi connectivity index (χ2n) is 4.39. The van der Waals surface area contributed by atoms with Crippen LogP contribution >= 0.6 is 0 Å². The Balaban J connectivity index is 3.51. The maximum absolute atomic E-state index is 11.4. The third kappa shape index (κ3) is 13.1. The van der Waals surface area contributed by atoms with Crippen molar-refractivity contribution in [3.8, 4) is 0 Å². The van der Waals surface area contributed by atoms with Crippen molar-refractivity contribution in [3.63, 3.8) is 0 Å². The average Bonchev–Trinajstić information content (AvgIpc) is 2.57. The van der Waals surface area contributed by atoms with Gasteiger partial charge in [-0.2, -0.15) is 0 Å². The van der Waals surface area contributed by atoms with E-state index in [-0.39, 0.29) is 45.7 Å². The molecule has 0 aliphatic carbocycles. The molecule has 0 saturated carbocycles. The predicted octanol–water partition coefficient (Wildman–Crippen LogP) is 1.09. The monoisotopic (exact) mass is 342 g/mol. The molecule has 24 heavy (non-hydrogen) atoms. The lowest BCUT2D eigenvalue weighted by Crippen LogP contribution is -2.13. The minimum absolute atomic E-state index is 0.0466. The number of ether oxygens (including phenoxy) is 4. The molecule has 0 unspecified atom stereocenters. The number of esters is 4. The van der Waals surface area contributed by atoms with Crippen molar-refractivity contribution >= 4 is 23.9 Å². The van der Waals surface area contributed by atoms with E-state index in [0.717, 1.165) is 12.2 Å². The molecule has 134 valence electrons. The lowest BCUT2D eigenvalue weighted by Gasteiger charge is -2.06. The van der Waals surface area contributed by atoms with Crippen LogP contribution in [0.15, 0.2) is 25.3 Å². The summed E-state index contributed by atoms with van der Waals surface area (Å²) in [5.74, 6) is -2.06. The van der Waals surface area contributed by atoms with Crippen LogP contribution in [-0.2, 0) is 38.1 Å². The third-order valence-electron chi connectivity index (χ3n) is 2.48. The van der Waals surface area contributed by atoms with Crippen LogP contribution in [0.2, 0.25) is 0 Å². The number of rotatable bonds is 13. The lowest BCUT2D eigenvalue weighted by atomic mass is 10.2. The van der Waals surface area contributed by atoms with Gasteiger partial charge in [0.15, 0.2) is 0 Å². The zero-order valence-electron chi connectivity index (χ0n) is 13.5. The summed E-state index contributed by atoms with van der Waals surface area (Å²) in [5, 5.41) is 0. The molecule has 0 amide bonds. The van der Waals surface area contributed by atoms with E-state index in [2.05, 4.69) is 17.9 Å². The van der Waals surface area contributed by atoms with E-state index in [1.165, 1.54) is 0 Å². The second-order valence-corrected chi connectivity index (χ2v) is 4.39. The van der Waals surface area contributed by atoms with Gasteiger partial charge in [0, 0.05) is 31.4 Å². The van der Waals surface area contributed by atoms with Crippen molar-refractivity contribution in [2.45, 2.75) is 25.7 Å². The Labute approximate surface area is 140 Å². The van der Waals surface area contributed by atoms with Gasteiger partial charge in [0.05, 0.1) is 13.2 Å². The van der Waals surface area contributed by atoms with E-state index >= 15 is 0 Å². The molecule has 0 aliphatic heterocycles. The van der Waals surface area contributed by atoms with Crippen LogP contribution in [0.3, 0.4) is 0 Å². The van der Waals surface area contributed by atoms with E-state index in [1.54, 1.807) is 0 Å². The van der Waals surface area contributed by atoms with Crippen molar-refractivity contribution in [2.24, 2.45) is 0 Å². The first-order valence-corrected chi connectivity index (χ1v) is 7.39. The summed E-state index contributed by atoms with van der Waals surface area (Å²) in [5.41, 5.74) is 0. The van der Waals surface area contributed by atoms with Gasteiger partial charge in [0.25, 0.3) is 0 Å². The van der Waals surface area contributed by atoms with E-state index in [0.29, 0.717) is 6.42 Å². The largest absolute Gasteiger partial charge is 0.466 e. The summed E-state index contributed by atoms with van der Waals surface area (Å²) in [6.07, 6.45) is 2.87.